The van der Waals surface area contributed by atoms with Gasteiger partial charge in [0.25, 0.3) is 0 Å². The summed E-state index contributed by atoms with van der Waals surface area (Å²) in [6.07, 6.45) is 1.25. The minimum absolute atomic E-state index is 0.198. The zero-order valence-corrected chi connectivity index (χ0v) is 11.3. The number of carbonyl (C=O) groups excluding carboxylic acids is 1. The molecule has 98 valence electrons. The molecule has 4 heteroatoms. The lowest BCUT2D eigenvalue weighted by Crippen LogP contribution is -3.18. The molecule has 0 spiro atoms. The summed E-state index contributed by atoms with van der Waals surface area (Å²) in [5.41, 5.74) is 0. The molecule has 2 saturated heterocycles. The first-order valence-electron chi connectivity index (χ1n) is 6.42. The molecule has 4 nitrogen and oxygen atoms in total. The van der Waals surface area contributed by atoms with Gasteiger partial charge in [0, 0.05) is 20.3 Å². The van der Waals surface area contributed by atoms with Gasteiger partial charge in [0.15, 0.2) is 5.92 Å². The lowest BCUT2D eigenvalue weighted by molar-refractivity contribution is -0.940. The van der Waals surface area contributed by atoms with Gasteiger partial charge in [-0.3, -0.25) is 4.79 Å². The molecule has 0 aromatic heterocycles. The largest absolute Gasteiger partial charge is 0.457 e. The van der Waals surface area contributed by atoms with Gasteiger partial charge in [-0.05, 0) is 0 Å². The molecule has 0 saturated carbocycles. The number of cyclic esters (lactones) is 1. The van der Waals surface area contributed by atoms with Gasteiger partial charge in [-0.25, -0.2) is 0 Å². The molecule has 2 fully saturated rings. The van der Waals surface area contributed by atoms with Crippen LogP contribution in [0.1, 0.15) is 34.1 Å². The average Bonchev–Trinajstić information content (AvgIpc) is 2.15. The number of hydrogen-bond donors (Lipinski definition) is 1. The number of hydrogen-bond acceptors (Lipinski definition) is 3. The summed E-state index contributed by atoms with van der Waals surface area (Å²) in [5.74, 6) is -0.783. The van der Waals surface area contributed by atoms with Gasteiger partial charge in [0.1, 0.15) is 5.76 Å². The number of likely N-dealkylation sites (tertiary alicyclic amines) is 1. The minimum atomic E-state index is -0.852. The highest BCUT2D eigenvalue weighted by Gasteiger charge is 2.42. The van der Waals surface area contributed by atoms with Crippen molar-refractivity contribution in [3.05, 3.63) is 12.3 Å². The quantitative estimate of drug-likeness (QED) is 0.726. The maximum absolute atomic E-state index is 11.7. The maximum atomic E-state index is 11.7. The van der Waals surface area contributed by atoms with Crippen LogP contribution >= 0.6 is 0 Å². The predicted molar refractivity (Wildman–Crippen MR) is 65.4 cm³/mol. The minimum Gasteiger partial charge on any atom is -0.457 e. The molecular weight excluding hydrogens is 218 g/mol. The highest BCUT2D eigenvalue weighted by molar-refractivity contribution is 5.76. The van der Waals surface area contributed by atoms with Crippen molar-refractivity contribution in [2.75, 3.05) is 19.6 Å². The Morgan fingerprint density at radius 2 is 1.94 bits per heavy atom. The van der Waals surface area contributed by atoms with Gasteiger partial charge in [-0.15, -0.1) is 0 Å². The fourth-order valence-electron chi connectivity index (χ4n) is 1.97. The average molecular weight is 242 g/mol. The third-order valence-electron chi connectivity index (χ3n) is 2.95. The van der Waals surface area contributed by atoms with E-state index in [1.165, 1.54) is 11.3 Å². The van der Waals surface area contributed by atoms with Crippen molar-refractivity contribution >= 4 is 5.97 Å². The second-order valence-corrected chi connectivity index (χ2v) is 4.75. The van der Waals surface area contributed by atoms with Crippen LogP contribution in [0.2, 0.25) is 0 Å². The summed E-state index contributed by atoms with van der Waals surface area (Å²) >= 11 is 0. The van der Waals surface area contributed by atoms with E-state index in [1.54, 1.807) is 13.8 Å². The summed E-state index contributed by atoms with van der Waals surface area (Å²) in [7, 11) is 0. The third kappa shape index (κ3) is 3.46. The van der Waals surface area contributed by atoms with Crippen molar-refractivity contribution in [1.82, 2.24) is 0 Å². The van der Waals surface area contributed by atoms with Crippen LogP contribution in [-0.2, 0) is 14.3 Å². The summed E-state index contributed by atoms with van der Waals surface area (Å²) in [6, 6.07) is 0. The normalized spacial score (nSPS) is 27.2. The lowest BCUT2D eigenvalue weighted by atomic mass is 10.0. The van der Waals surface area contributed by atoms with E-state index in [1.807, 2.05) is 13.8 Å². The highest BCUT2D eigenvalue weighted by atomic mass is 16.7. The van der Waals surface area contributed by atoms with Gasteiger partial charge >= 0.3 is 5.97 Å². The molecule has 17 heavy (non-hydrogen) atoms. The first kappa shape index (κ1) is 14.0. The molecule has 2 aliphatic rings. The Morgan fingerprint density at radius 3 is 2.35 bits per heavy atom. The monoisotopic (exact) mass is 242 g/mol. The van der Waals surface area contributed by atoms with Crippen molar-refractivity contribution < 1.29 is 19.2 Å². The molecule has 2 aliphatic heterocycles. The molecule has 2 heterocycles. The third-order valence-corrected chi connectivity index (χ3v) is 2.95. The fraction of sp³-hybridized carbons (Fsp3) is 0.769. The molecule has 1 atom stereocenters. The topological polar surface area (TPSA) is 40.0 Å². The summed E-state index contributed by atoms with van der Waals surface area (Å²) in [6.45, 7) is 14.3. The Kier molecular flexibility index (Phi) is 4.57. The Balaban J connectivity index is 0.000000686. The number of quaternary nitrogens is 1. The smallest absolute Gasteiger partial charge is 0.325 e. The van der Waals surface area contributed by atoms with Crippen molar-refractivity contribution in [1.29, 1.82) is 0 Å². The van der Waals surface area contributed by atoms with E-state index < -0.39 is 5.79 Å². The van der Waals surface area contributed by atoms with Crippen LogP contribution in [0.25, 0.3) is 0 Å². The van der Waals surface area contributed by atoms with Crippen molar-refractivity contribution in [3.8, 4) is 0 Å². The van der Waals surface area contributed by atoms with E-state index in [9.17, 15) is 4.79 Å². The Bertz CT molecular complexity index is 275. The molecule has 0 aromatic rings. The molecule has 0 aliphatic carbocycles. The highest BCUT2D eigenvalue weighted by Crippen LogP contribution is 2.28. The van der Waals surface area contributed by atoms with E-state index in [-0.39, 0.29) is 11.9 Å². The lowest BCUT2D eigenvalue weighted by Gasteiger charge is -2.38. The van der Waals surface area contributed by atoms with Crippen LogP contribution < -0.4 is 4.90 Å². The second-order valence-electron chi connectivity index (χ2n) is 4.75. The van der Waals surface area contributed by atoms with Crippen LogP contribution in [0.5, 0.6) is 0 Å². The first-order chi connectivity index (χ1) is 7.98. The molecule has 0 radical (unpaired) electrons. The van der Waals surface area contributed by atoms with Gasteiger partial charge in [0.05, 0.1) is 19.6 Å². The number of esters is 1. The number of rotatable bonds is 2. The summed E-state index contributed by atoms with van der Waals surface area (Å²) < 4.78 is 10.7. The van der Waals surface area contributed by atoms with Crippen LogP contribution in [0.3, 0.4) is 0 Å². The SMILES string of the molecule is C=C1OC(C)(C)OC(=O)C1C[NH+]1CCC1.CC. The zero-order valence-electron chi connectivity index (χ0n) is 11.3. The van der Waals surface area contributed by atoms with Gasteiger partial charge < -0.3 is 14.4 Å². The number of ether oxygens (including phenoxy) is 2. The molecule has 1 N–H and O–H groups in total. The number of carbonyl (C=O) groups is 1. The van der Waals surface area contributed by atoms with E-state index >= 15 is 0 Å². The van der Waals surface area contributed by atoms with Crippen LogP contribution in [0.4, 0.5) is 0 Å². The van der Waals surface area contributed by atoms with Crippen LogP contribution in [0, 0.1) is 5.92 Å². The van der Waals surface area contributed by atoms with Gasteiger partial charge in [-0.1, -0.05) is 20.4 Å². The summed E-state index contributed by atoms with van der Waals surface area (Å²) in [5, 5.41) is 0. The maximum Gasteiger partial charge on any atom is 0.325 e. The van der Waals surface area contributed by atoms with E-state index in [2.05, 4.69) is 6.58 Å². The first-order valence-corrected chi connectivity index (χ1v) is 6.42. The van der Waals surface area contributed by atoms with Crippen LogP contribution in [0.15, 0.2) is 12.3 Å². The second kappa shape index (κ2) is 5.54. The molecular formula is C13H24NO3+. The van der Waals surface area contributed by atoms with Gasteiger partial charge in [-0.2, -0.15) is 0 Å². The Labute approximate surface area is 104 Å². The fourth-order valence-corrected chi connectivity index (χ4v) is 1.97. The molecule has 0 amide bonds. The van der Waals surface area contributed by atoms with Gasteiger partial charge in [0.2, 0.25) is 5.79 Å². The molecule has 0 aromatic carbocycles. The summed E-state index contributed by atoms with van der Waals surface area (Å²) in [4.78, 5) is 13.2. The van der Waals surface area contributed by atoms with Crippen LogP contribution in [-0.4, -0.2) is 31.4 Å². The standard InChI is InChI=1S/C11H17NO3.C2H6/c1-8-9(7-12-5-4-6-12)10(13)15-11(2,3)14-8;1-2/h9H,1,4-7H2,2-3H3;1-2H3/p+1. The number of nitrogens with one attached hydrogen (secondary N) is 1. The predicted octanol–water partition coefficient (Wildman–Crippen LogP) is 0.741. The van der Waals surface area contributed by atoms with Crippen molar-refractivity contribution in [3.63, 3.8) is 0 Å². The molecule has 2 rings (SSSR count). The Morgan fingerprint density at radius 1 is 1.35 bits per heavy atom. The van der Waals surface area contributed by atoms with E-state index in [0.717, 1.165) is 19.6 Å². The van der Waals surface area contributed by atoms with Crippen molar-refractivity contribution in [2.45, 2.75) is 39.9 Å². The molecule has 0 bridgehead atoms. The molecule has 1 unspecified atom stereocenters. The van der Waals surface area contributed by atoms with E-state index in [0.29, 0.717) is 5.76 Å². The van der Waals surface area contributed by atoms with Crippen molar-refractivity contribution in [2.24, 2.45) is 5.92 Å². The van der Waals surface area contributed by atoms with E-state index in [4.69, 9.17) is 9.47 Å². The zero-order chi connectivity index (χ0) is 13.1. The Hall–Kier alpha value is -1.03.